The summed E-state index contributed by atoms with van der Waals surface area (Å²) in [6.07, 6.45) is 1.56. The van der Waals surface area contributed by atoms with Crippen LogP contribution in [-0.2, 0) is 10.2 Å². The zero-order valence-electron chi connectivity index (χ0n) is 22.9. The molecule has 1 aliphatic carbocycles. The van der Waals surface area contributed by atoms with Gasteiger partial charge in [-0.1, -0.05) is 32.9 Å². The number of nitrogens with zero attached hydrogens (tertiary/aromatic N) is 3. The molecular weight excluding hydrogens is 498 g/mol. The molecule has 3 heterocycles. The van der Waals surface area contributed by atoms with Gasteiger partial charge in [-0.2, -0.15) is 0 Å². The molecule has 39 heavy (non-hydrogen) atoms. The number of amides is 2. The number of carbonyl (C=O) groups is 1. The smallest absolute Gasteiger partial charge is 0.319 e. The average Bonchev–Trinajstić information content (AvgIpc) is 3.40. The van der Waals surface area contributed by atoms with Crippen LogP contribution in [0.2, 0.25) is 0 Å². The number of rotatable bonds is 7. The number of nitrogens with one attached hydrogen (secondary N) is 3. The van der Waals surface area contributed by atoms with E-state index < -0.39 is 24.4 Å². The molecule has 1 saturated heterocycles. The van der Waals surface area contributed by atoms with Crippen molar-refractivity contribution in [1.29, 1.82) is 0 Å². The summed E-state index contributed by atoms with van der Waals surface area (Å²) in [6.45, 7) is 7.56. The first kappa shape index (κ1) is 27.3. The molecule has 0 bridgehead atoms. The van der Waals surface area contributed by atoms with Crippen LogP contribution in [0.3, 0.4) is 0 Å². The molecule has 210 valence electrons. The van der Waals surface area contributed by atoms with Crippen molar-refractivity contribution in [2.24, 2.45) is 5.92 Å². The third kappa shape index (κ3) is 5.72. The Morgan fingerprint density at radius 1 is 1.18 bits per heavy atom. The van der Waals surface area contributed by atoms with Gasteiger partial charge < -0.3 is 41.2 Å². The maximum absolute atomic E-state index is 12.4. The largest absolute Gasteiger partial charge is 0.388 e. The molecule has 7 N–H and O–H groups in total. The molecule has 5 rings (SSSR count). The molecule has 1 aromatic carbocycles. The van der Waals surface area contributed by atoms with E-state index in [4.69, 9.17) is 10.5 Å². The summed E-state index contributed by atoms with van der Waals surface area (Å²) >= 11 is 0. The minimum atomic E-state index is -1.08. The van der Waals surface area contributed by atoms with E-state index in [1.165, 1.54) is 11.9 Å². The normalized spacial score (nSPS) is 27.1. The Morgan fingerprint density at radius 2 is 1.90 bits per heavy atom. The number of H-pyrrole nitrogens is 1. The van der Waals surface area contributed by atoms with Crippen LogP contribution < -0.4 is 16.4 Å². The van der Waals surface area contributed by atoms with E-state index in [2.05, 4.69) is 51.3 Å². The van der Waals surface area contributed by atoms with Gasteiger partial charge in [0, 0.05) is 36.6 Å². The lowest BCUT2D eigenvalue weighted by Crippen LogP contribution is -2.50. The zero-order valence-corrected chi connectivity index (χ0v) is 22.9. The zero-order chi connectivity index (χ0) is 27.9. The van der Waals surface area contributed by atoms with Crippen LogP contribution in [0.15, 0.2) is 36.8 Å². The number of nitrogens with two attached hydrogens (primary N) is 1. The van der Waals surface area contributed by atoms with Gasteiger partial charge >= 0.3 is 6.03 Å². The Bertz CT molecular complexity index is 1300. The molecule has 11 nitrogen and oxygen atoms in total. The molecule has 1 saturated carbocycles. The first-order valence-corrected chi connectivity index (χ1v) is 13.5. The molecule has 4 atom stereocenters. The standard InChI is InChI=1S/C28H39N7O4/c1-28(2,3)16-5-7-17(8-6-16)34-27(38)31-11-15-9-18(10-15)35(4)13-20-23(36)24(37)25(39-20)19-12-30-22-21(19)32-14-33-26(22)29/h5-8,12,14-15,18,20,23-25,30,36-37H,9-11,13H2,1-4H3,(H2,29,32,33)(H2,31,34,38)/t15?,18?,20-,23-,24-,25+/m1/s1. The summed E-state index contributed by atoms with van der Waals surface area (Å²) in [7, 11) is 2.00. The second-order valence-electron chi connectivity index (χ2n) is 11.9. The van der Waals surface area contributed by atoms with E-state index in [1.807, 2.05) is 31.3 Å². The third-order valence-corrected chi connectivity index (χ3v) is 8.05. The van der Waals surface area contributed by atoms with Crippen LogP contribution in [0, 0.1) is 5.92 Å². The fourth-order valence-corrected chi connectivity index (χ4v) is 5.48. The van der Waals surface area contributed by atoms with Crippen molar-refractivity contribution in [1.82, 2.24) is 25.2 Å². The van der Waals surface area contributed by atoms with Gasteiger partial charge in [0.1, 0.15) is 30.2 Å². The lowest BCUT2D eigenvalue weighted by atomic mass is 9.79. The number of carbonyl (C=O) groups excluding carboxylic acids is 1. The minimum Gasteiger partial charge on any atom is -0.388 e. The Balaban J connectivity index is 1.07. The number of aliphatic hydroxyl groups excluding tert-OH is 2. The van der Waals surface area contributed by atoms with Gasteiger partial charge in [-0.05, 0) is 48.9 Å². The van der Waals surface area contributed by atoms with Crippen LogP contribution in [0.5, 0.6) is 0 Å². The Kier molecular flexibility index (Phi) is 7.51. The molecule has 2 aliphatic rings. The van der Waals surface area contributed by atoms with Crippen molar-refractivity contribution in [2.75, 3.05) is 31.2 Å². The number of aromatic nitrogens is 3. The van der Waals surface area contributed by atoms with Crippen LogP contribution in [0.25, 0.3) is 11.0 Å². The SMILES string of the molecule is CN(C[C@H]1O[C@@H](c2c[nH]c3c(N)ncnc23)[C@H](O)[C@@H]1O)C1CC(CNC(=O)Nc2ccc(C(C)(C)C)cc2)C1. The quantitative estimate of drug-likeness (QED) is 0.268. The monoisotopic (exact) mass is 537 g/mol. The van der Waals surface area contributed by atoms with E-state index in [0.29, 0.717) is 47.5 Å². The highest BCUT2D eigenvalue weighted by Crippen LogP contribution is 2.38. The van der Waals surface area contributed by atoms with Crippen LogP contribution in [0.1, 0.15) is 50.8 Å². The van der Waals surface area contributed by atoms with E-state index in [0.717, 1.165) is 18.5 Å². The first-order chi connectivity index (χ1) is 18.5. The summed E-state index contributed by atoms with van der Waals surface area (Å²) in [4.78, 5) is 25.8. The van der Waals surface area contributed by atoms with Crippen LogP contribution in [-0.4, -0.2) is 80.6 Å². The lowest BCUT2D eigenvalue weighted by molar-refractivity contribution is -0.0254. The molecule has 2 aromatic heterocycles. The van der Waals surface area contributed by atoms with Crippen molar-refractivity contribution in [3.8, 4) is 0 Å². The lowest BCUT2D eigenvalue weighted by Gasteiger charge is -2.42. The van der Waals surface area contributed by atoms with Crippen LogP contribution >= 0.6 is 0 Å². The number of urea groups is 1. The van der Waals surface area contributed by atoms with Gasteiger partial charge in [-0.3, -0.25) is 0 Å². The summed E-state index contributed by atoms with van der Waals surface area (Å²) in [5.74, 6) is 0.701. The van der Waals surface area contributed by atoms with E-state index in [9.17, 15) is 15.0 Å². The Labute approximate surface area is 228 Å². The molecular formula is C28H39N7O4. The number of hydrogen-bond donors (Lipinski definition) is 6. The number of aliphatic hydroxyl groups is 2. The van der Waals surface area contributed by atoms with E-state index in [-0.39, 0.29) is 11.4 Å². The van der Waals surface area contributed by atoms with Crippen molar-refractivity contribution in [3.05, 3.63) is 47.9 Å². The van der Waals surface area contributed by atoms with Crippen molar-refractivity contribution >= 4 is 28.6 Å². The average molecular weight is 538 g/mol. The number of fused-ring (bicyclic) bond motifs is 1. The van der Waals surface area contributed by atoms with Crippen molar-refractivity contribution < 1.29 is 19.7 Å². The highest BCUT2D eigenvalue weighted by molar-refractivity contribution is 5.89. The Hall–Kier alpha value is -3.25. The van der Waals surface area contributed by atoms with Gasteiger partial charge in [-0.25, -0.2) is 14.8 Å². The maximum Gasteiger partial charge on any atom is 0.319 e. The van der Waals surface area contributed by atoms with Crippen molar-refractivity contribution in [2.45, 2.75) is 69.5 Å². The van der Waals surface area contributed by atoms with Gasteiger partial charge in [0.2, 0.25) is 0 Å². The third-order valence-electron chi connectivity index (χ3n) is 8.05. The number of aromatic amines is 1. The number of benzene rings is 1. The number of nitrogen functional groups attached to an aromatic ring is 1. The Morgan fingerprint density at radius 3 is 2.59 bits per heavy atom. The van der Waals surface area contributed by atoms with Crippen LogP contribution in [0.4, 0.5) is 16.3 Å². The number of hydrogen-bond acceptors (Lipinski definition) is 8. The molecule has 11 heteroatoms. The summed E-state index contributed by atoms with van der Waals surface area (Å²) < 4.78 is 6.13. The van der Waals surface area contributed by atoms with Gasteiger partial charge in [0.05, 0.1) is 11.6 Å². The molecule has 2 fully saturated rings. The van der Waals surface area contributed by atoms with Gasteiger partial charge in [0.15, 0.2) is 5.82 Å². The molecule has 0 spiro atoms. The highest BCUT2D eigenvalue weighted by Gasteiger charge is 2.46. The molecule has 1 aliphatic heterocycles. The molecule has 3 aromatic rings. The summed E-state index contributed by atoms with van der Waals surface area (Å²) in [5.41, 5.74) is 9.78. The highest BCUT2D eigenvalue weighted by atomic mass is 16.5. The second-order valence-corrected chi connectivity index (χ2v) is 11.9. The maximum atomic E-state index is 12.4. The minimum absolute atomic E-state index is 0.0693. The summed E-state index contributed by atoms with van der Waals surface area (Å²) in [5, 5.41) is 27.3. The van der Waals surface area contributed by atoms with E-state index >= 15 is 0 Å². The molecule has 0 unspecified atom stereocenters. The fourth-order valence-electron chi connectivity index (χ4n) is 5.48. The number of ether oxygens (including phenoxy) is 1. The summed E-state index contributed by atoms with van der Waals surface area (Å²) in [6, 6.07) is 8.05. The molecule has 0 radical (unpaired) electrons. The predicted octanol–water partition coefficient (Wildman–Crippen LogP) is 2.53. The van der Waals surface area contributed by atoms with Gasteiger partial charge in [0.25, 0.3) is 0 Å². The van der Waals surface area contributed by atoms with Crippen molar-refractivity contribution in [3.63, 3.8) is 0 Å². The number of anilines is 2. The fraction of sp³-hybridized carbons (Fsp3) is 0.536. The second kappa shape index (κ2) is 10.7. The topological polar surface area (TPSA) is 162 Å². The molecule has 2 amide bonds. The van der Waals surface area contributed by atoms with E-state index in [1.54, 1.807) is 6.20 Å². The number of likely N-dealkylation sites (N-methyl/N-ethyl adjacent to an activating group) is 1. The predicted molar refractivity (Wildman–Crippen MR) is 149 cm³/mol. The first-order valence-electron chi connectivity index (χ1n) is 13.5. The van der Waals surface area contributed by atoms with Gasteiger partial charge in [-0.15, -0.1) is 0 Å².